The quantitative estimate of drug-likeness (QED) is 0.514. The highest BCUT2D eigenvalue weighted by Crippen LogP contribution is 2.25. The van der Waals surface area contributed by atoms with E-state index in [4.69, 9.17) is 5.73 Å². The molecule has 0 amide bonds. The topological polar surface area (TPSA) is 26.0 Å². The molecule has 0 aliphatic heterocycles. The second-order valence-corrected chi connectivity index (χ2v) is 3.53. The van der Waals surface area contributed by atoms with Crippen LogP contribution in [0.2, 0.25) is 0 Å². The van der Waals surface area contributed by atoms with Gasteiger partial charge < -0.3 is 5.73 Å². The molecule has 0 atom stereocenters. The Hall–Kier alpha value is -0.630. The van der Waals surface area contributed by atoms with Crippen LogP contribution >= 0.6 is 11.8 Å². The predicted molar refractivity (Wildman–Crippen MR) is 52.1 cm³/mol. The Bertz CT molecular complexity index is 269. The van der Waals surface area contributed by atoms with Gasteiger partial charge in [-0.15, -0.1) is 11.8 Å². The van der Waals surface area contributed by atoms with Crippen LogP contribution in [0.4, 0.5) is 5.69 Å². The first-order valence-corrected chi connectivity index (χ1v) is 4.78. The summed E-state index contributed by atoms with van der Waals surface area (Å²) in [5.41, 5.74) is 9.24. The minimum atomic E-state index is 0.889. The number of benzene rings is 1. The predicted octanol–water partition coefficient (Wildman–Crippen LogP) is 2.61. The summed E-state index contributed by atoms with van der Waals surface area (Å²) in [6.45, 7) is 4.18. The first kappa shape index (κ1) is 8.47. The molecule has 0 aromatic heterocycles. The van der Waals surface area contributed by atoms with Gasteiger partial charge in [-0.2, -0.15) is 0 Å². The third kappa shape index (κ3) is 1.69. The van der Waals surface area contributed by atoms with Crippen LogP contribution in [0.5, 0.6) is 0 Å². The van der Waals surface area contributed by atoms with Crippen molar-refractivity contribution in [1.29, 1.82) is 0 Å². The smallest absolute Gasteiger partial charge is 0.0454 e. The third-order valence-corrected chi connectivity index (χ3v) is 2.64. The van der Waals surface area contributed by atoms with Crippen molar-refractivity contribution in [1.82, 2.24) is 0 Å². The van der Waals surface area contributed by atoms with E-state index in [1.54, 1.807) is 11.8 Å². The van der Waals surface area contributed by atoms with E-state index in [0.29, 0.717) is 0 Å². The van der Waals surface area contributed by atoms with Gasteiger partial charge in [0.05, 0.1) is 0 Å². The fourth-order valence-electron chi connectivity index (χ4n) is 0.989. The van der Waals surface area contributed by atoms with Crippen molar-refractivity contribution in [2.45, 2.75) is 18.7 Å². The Morgan fingerprint density at radius 1 is 1.18 bits per heavy atom. The van der Waals surface area contributed by atoms with Crippen LogP contribution < -0.4 is 5.73 Å². The minimum absolute atomic E-state index is 0.889. The molecule has 2 N–H and O–H groups in total. The van der Waals surface area contributed by atoms with Gasteiger partial charge in [0, 0.05) is 10.6 Å². The fourth-order valence-corrected chi connectivity index (χ4v) is 1.58. The molecule has 0 aliphatic rings. The summed E-state index contributed by atoms with van der Waals surface area (Å²) in [7, 11) is 0. The lowest BCUT2D eigenvalue weighted by Gasteiger charge is -2.06. The van der Waals surface area contributed by atoms with E-state index >= 15 is 0 Å². The first-order valence-electron chi connectivity index (χ1n) is 3.56. The van der Waals surface area contributed by atoms with Crippen molar-refractivity contribution in [2.75, 3.05) is 12.0 Å². The van der Waals surface area contributed by atoms with Crippen molar-refractivity contribution >= 4 is 17.4 Å². The number of rotatable bonds is 1. The first-order chi connectivity index (χ1) is 5.15. The van der Waals surface area contributed by atoms with Crippen molar-refractivity contribution in [3.05, 3.63) is 23.3 Å². The van der Waals surface area contributed by atoms with Crippen molar-refractivity contribution < 1.29 is 0 Å². The van der Waals surface area contributed by atoms with Crippen LogP contribution in [-0.4, -0.2) is 6.26 Å². The molecule has 0 saturated carbocycles. The van der Waals surface area contributed by atoms with Gasteiger partial charge in [-0.1, -0.05) is 0 Å². The monoisotopic (exact) mass is 167 g/mol. The van der Waals surface area contributed by atoms with E-state index in [2.05, 4.69) is 19.9 Å². The van der Waals surface area contributed by atoms with Crippen molar-refractivity contribution in [2.24, 2.45) is 0 Å². The largest absolute Gasteiger partial charge is 0.398 e. The number of thioether (sulfide) groups is 1. The van der Waals surface area contributed by atoms with Crippen LogP contribution in [0.3, 0.4) is 0 Å². The van der Waals surface area contributed by atoms with Crippen LogP contribution in [0.25, 0.3) is 0 Å². The molecule has 0 bridgehead atoms. The van der Waals surface area contributed by atoms with Crippen LogP contribution in [-0.2, 0) is 0 Å². The molecule has 11 heavy (non-hydrogen) atoms. The Labute approximate surface area is 72.0 Å². The number of nitrogen functional groups attached to an aromatic ring is 1. The average Bonchev–Trinajstić information content (AvgIpc) is 1.97. The molecular formula is C9H13NS. The lowest BCUT2D eigenvalue weighted by Crippen LogP contribution is -1.91. The van der Waals surface area contributed by atoms with E-state index in [9.17, 15) is 0 Å². The van der Waals surface area contributed by atoms with E-state index in [1.807, 2.05) is 12.3 Å². The zero-order chi connectivity index (χ0) is 8.43. The zero-order valence-corrected chi connectivity index (χ0v) is 7.96. The summed E-state index contributed by atoms with van der Waals surface area (Å²) in [5, 5.41) is 0. The van der Waals surface area contributed by atoms with Gasteiger partial charge in [0.15, 0.2) is 0 Å². The number of hydrogen-bond acceptors (Lipinski definition) is 2. The fraction of sp³-hybridized carbons (Fsp3) is 0.333. The van der Waals surface area contributed by atoms with E-state index in [1.165, 1.54) is 16.0 Å². The molecule has 0 spiro atoms. The van der Waals surface area contributed by atoms with Gasteiger partial charge in [0.2, 0.25) is 0 Å². The Kier molecular flexibility index (Phi) is 2.45. The highest BCUT2D eigenvalue weighted by Gasteiger charge is 1.99. The molecular weight excluding hydrogens is 154 g/mol. The standard InChI is InChI=1S/C9H13NS/c1-6-4-8(10)9(11-3)5-7(6)2/h4-5H,10H2,1-3H3. The summed E-state index contributed by atoms with van der Waals surface area (Å²) < 4.78 is 0. The Morgan fingerprint density at radius 3 is 2.27 bits per heavy atom. The zero-order valence-electron chi connectivity index (χ0n) is 7.14. The van der Waals surface area contributed by atoms with Crippen LogP contribution in [0.1, 0.15) is 11.1 Å². The molecule has 0 fully saturated rings. The highest BCUT2D eigenvalue weighted by molar-refractivity contribution is 7.98. The maximum atomic E-state index is 5.78. The summed E-state index contributed by atoms with van der Waals surface area (Å²) in [4.78, 5) is 1.17. The molecule has 1 aromatic carbocycles. The van der Waals surface area contributed by atoms with Crippen molar-refractivity contribution in [3.63, 3.8) is 0 Å². The molecule has 0 unspecified atom stereocenters. The molecule has 0 saturated heterocycles. The van der Waals surface area contributed by atoms with Gasteiger partial charge in [-0.25, -0.2) is 0 Å². The van der Waals surface area contributed by atoms with Gasteiger partial charge in [0.25, 0.3) is 0 Å². The van der Waals surface area contributed by atoms with E-state index in [0.717, 1.165) is 5.69 Å². The highest BCUT2D eigenvalue weighted by atomic mass is 32.2. The number of aryl methyl sites for hydroxylation is 2. The SMILES string of the molecule is CSc1cc(C)c(C)cc1N. The summed E-state index contributed by atoms with van der Waals surface area (Å²) in [6, 6.07) is 4.16. The van der Waals surface area contributed by atoms with Gasteiger partial charge in [-0.3, -0.25) is 0 Å². The Balaban J connectivity index is 3.21. The molecule has 1 aromatic rings. The maximum Gasteiger partial charge on any atom is 0.0454 e. The van der Waals surface area contributed by atoms with Gasteiger partial charge in [-0.05, 0) is 43.4 Å². The normalized spacial score (nSPS) is 10.1. The number of hydrogen-bond donors (Lipinski definition) is 1. The average molecular weight is 167 g/mol. The van der Waals surface area contributed by atoms with Crippen molar-refractivity contribution in [3.8, 4) is 0 Å². The summed E-state index contributed by atoms with van der Waals surface area (Å²) >= 11 is 1.69. The van der Waals surface area contributed by atoms with Gasteiger partial charge >= 0.3 is 0 Å². The van der Waals surface area contributed by atoms with Gasteiger partial charge in [0.1, 0.15) is 0 Å². The molecule has 1 nitrogen and oxygen atoms in total. The third-order valence-electron chi connectivity index (χ3n) is 1.85. The molecule has 0 heterocycles. The van der Waals surface area contributed by atoms with E-state index < -0.39 is 0 Å². The van der Waals surface area contributed by atoms with Crippen LogP contribution in [0, 0.1) is 13.8 Å². The second-order valence-electron chi connectivity index (χ2n) is 2.68. The van der Waals surface area contributed by atoms with Crippen LogP contribution in [0.15, 0.2) is 17.0 Å². The summed E-state index contributed by atoms with van der Waals surface area (Å²) in [5.74, 6) is 0. The minimum Gasteiger partial charge on any atom is -0.398 e. The Morgan fingerprint density at radius 2 is 1.73 bits per heavy atom. The molecule has 60 valence electrons. The number of nitrogens with two attached hydrogens (primary N) is 1. The van der Waals surface area contributed by atoms with E-state index in [-0.39, 0.29) is 0 Å². The summed E-state index contributed by atoms with van der Waals surface area (Å²) in [6.07, 6.45) is 2.04. The molecule has 2 heteroatoms. The lowest BCUT2D eigenvalue weighted by molar-refractivity contribution is 1.28. The number of anilines is 1. The molecule has 0 aliphatic carbocycles. The maximum absolute atomic E-state index is 5.78. The lowest BCUT2D eigenvalue weighted by atomic mass is 10.1. The second kappa shape index (κ2) is 3.18. The molecule has 1 rings (SSSR count). The molecule has 0 radical (unpaired) electrons.